The van der Waals surface area contributed by atoms with Crippen molar-refractivity contribution >= 4 is 27.1 Å². The zero-order valence-corrected chi connectivity index (χ0v) is 13.2. The van der Waals surface area contributed by atoms with Crippen LogP contribution < -0.4 is 0 Å². The summed E-state index contributed by atoms with van der Waals surface area (Å²) in [5, 5.41) is 18.1. The van der Waals surface area contributed by atoms with Crippen LogP contribution in [0.2, 0.25) is 5.15 Å². The van der Waals surface area contributed by atoms with E-state index in [4.69, 9.17) is 11.6 Å². The van der Waals surface area contributed by atoms with Gasteiger partial charge in [0.25, 0.3) is 0 Å². The van der Waals surface area contributed by atoms with Crippen LogP contribution >= 0.6 is 11.6 Å². The number of aryl methyl sites for hydroxylation is 1. The predicted octanol–water partition coefficient (Wildman–Crippen LogP) is 2.39. The lowest BCUT2D eigenvalue weighted by Gasteiger charge is -2.11. The second-order valence-corrected chi connectivity index (χ2v) is 6.81. The largest absolute Gasteiger partial charge is 0.330 e. The average Bonchev–Trinajstić information content (AvgIpc) is 2.47. The molecule has 0 spiro atoms. The van der Waals surface area contributed by atoms with E-state index in [1.807, 2.05) is 0 Å². The average molecular weight is 353 g/mol. The molecule has 1 aromatic carbocycles. The standard InChI is InChI=1S/C13H9ClN4O4S/c1-8-16-11(12(18(19)20)13(14)17-8)10(7-15)23(21,22)9-5-3-2-4-6-9/h2-6,10H,1H3/t10-/m0/s1. The number of nitro groups is 1. The summed E-state index contributed by atoms with van der Waals surface area (Å²) in [5.74, 6) is 0.0270. The SMILES string of the molecule is Cc1nc(Cl)c([N+](=O)[O-])c([C@H](C#N)S(=O)(=O)c2ccccc2)n1. The molecule has 0 radical (unpaired) electrons. The fourth-order valence-electron chi connectivity index (χ4n) is 1.93. The minimum absolute atomic E-state index is 0.0270. The highest BCUT2D eigenvalue weighted by atomic mass is 35.5. The Morgan fingerprint density at radius 2 is 1.91 bits per heavy atom. The maximum atomic E-state index is 12.6. The van der Waals surface area contributed by atoms with Gasteiger partial charge >= 0.3 is 5.69 Å². The molecule has 2 rings (SSSR count). The molecular weight excluding hydrogens is 344 g/mol. The predicted molar refractivity (Wildman–Crippen MR) is 80.4 cm³/mol. The van der Waals surface area contributed by atoms with E-state index in [1.54, 1.807) is 12.1 Å². The van der Waals surface area contributed by atoms with Crippen molar-refractivity contribution in [3.8, 4) is 6.07 Å². The molecule has 0 saturated heterocycles. The van der Waals surface area contributed by atoms with E-state index in [9.17, 15) is 23.8 Å². The van der Waals surface area contributed by atoms with Crippen LogP contribution in [0.1, 0.15) is 16.8 Å². The third kappa shape index (κ3) is 3.13. The molecule has 8 nitrogen and oxygen atoms in total. The quantitative estimate of drug-likeness (QED) is 0.469. The van der Waals surface area contributed by atoms with Crippen molar-refractivity contribution in [3.05, 3.63) is 57.1 Å². The van der Waals surface area contributed by atoms with E-state index in [1.165, 1.54) is 31.2 Å². The van der Waals surface area contributed by atoms with Gasteiger partial charge in [0, 0.05) is 0 Å². The first-order chi connectivity index (χ1) is 10.8. The molecular formula is C13H9ClN4O4S. The van der Waals surface area contributed by atoms with Crippen LogP contribution in [0.4, 0.5) is 5.69 Å². The van der Waals surface area contributed by atoms with Crippen LogP contribution in [-0.4, -0.2) is 23.3 Å². The van der Waals surface area contributed by atoms with Crippen LogP contribution in [0.5, 0.6) is 0 Å². The molecule has 0 aliphatic heterocycles. The van der Waals surface area contributed by atoms with Gasteiger partial charge in [-0.05, 0) is 19.1 Å². The molecule has 0 fully saturated rings. The van der Waals surface area contributed by atoms with E-state index in [0.717, 1.165) is 0 Å². The fourth-order valence-corrected chi connectivity index (χ4v) is 3.62. The molecule has 118 valence electrons. The van der Waals surface area contributed by atoms with Gasteiger partial charge < -0.3 is 0 Å². The Morgan fingerprint density at radius 3 is 2.43 bits per heavy atom. The summed E-state index contributed by atoms with van der Waals surface area (Å²) in [6.07, 6.45) is 0. The third-order valence-electron chi connectivity index (χ3n) is 2.91. The van der Waals surface area contributed by atoms with Crippen molar-refractivity contribution < 1.29 is 13.3 Å². The monoisotopic (exact) mass is 352 g/mol. The molecule has 1 atom stereocenters. The van der Waals surface area contributed by atoms with Crippen molar-refractivity contribution in [2.75, 3.05) is 0 Å². The van der Waals surface area contributed by atoms with Crippen LogP contribution in [0.25, 0.3) is 0 Å². The lowest BCUT2D eigenvalue weighted by Crippen LogP contribution is -2.16. The number of nitrogens with zero attached hydrogens (tertiary/aromatic N) is 4. The fraction of sp³-hybridized carbons (Fsp3) is 0.154. The molecule has 1 aromatic heterocycles. The van der Waals surface area contributed by atoms with E-state index in [2.05, 4.69) is 9.97 Å². The maximum Gasteiger partial charge on any atom is 0.330 e. The van der Waals surface area contributed by atoms with Gasteiger partial charge in [-0.15, -0.1) is 0 Å². The van der Waals surface area contributed by atoms with E-state index in [-0.39, 0.29) is 10.7 Å². The Morgan fingerprint density at radius 1 is 1.30 bits per heavy atom. The first-order valence-electron chi connectivity index (χ1n) is 6.16. The highest BCUT2D eigenvalue weighted by Crippen LogP contribution is 2.35. The van der Waals surface area contributed by atoms with Crippen LogP contribution in [0.3, 0.4) is 0 Å². The summed E-state index contributed by atoms with van der Waals surface area (Å²) in [7, 11) is -4.21. The van der Waals surface area contributed by atoms with Gasteiger partial charge in [-0.3, -0.25) is 10.1 Å². The minimum Gasteiger partial charge on any atom is -0.258 e. The van der Waals surface area contributed by atoms with Crippen molar-refractivity contribution in [1.82, 2.24) is 9.97 Å². The summed E-state index contributed by atoms with van der Waals surface area (Å²) >= 11 is 5.73. The van der Waals surface area contributed by atoms with Crippen molar-refractivity contribution in [2.24, 2.45) is 0 Å². The summed E-state index contributed by atoms with van der Waals surface area (Å²) in [4.78, 5) is 17.5. The lowest BCUT2D eigenvalue weighted by atomic mass is 10.2. The number of sulfone groups is 1. The van der Waals surface area contributed by atoms with E-state index < -0.39 is 36.5 Å². The molecule has 0 aliphatic rings. The number of nitriles is 1. The molecule has 0 unspecified atom stereocenters. The highest BCUT2D eigenvalue weighted by Gasteiger charge is 2.38. The van der Waals surface area contributed by atoms with Gasteiger partial charge in [0.2, 0.25) is 20.2 Å². The Hall–Kier alpha value is -2.57. The summed E-state index contributed by atoms with van der Waals surface area (Å²) in [5.41, 5.74) is -1.33. The van der Waals surface area contributed by atoms with Crippen molar-refractivity contribution in [2.45, 2.75) is 17.1 Å². The summed E-state index contributed by atoms with van der Waals surface area (Å²) in [6, 6.07) is 8.72. The molecule has 10 heteroatoms. The zero-order valence-electron chi connectivity index (χ0n) is 11.7. The van der Waals surface area contributed by atoms with E-state index >= 15 is 0 Å². The number of halogens is 1. The molecule has 1 heterocycles. The molecule has 0 bridgehead atoms. The molecule has 0 aliphatic carbocycles. The second-order valence-electron chi connectivity index (χ2n) is 4.42. The number of aromatic nitrogens is 2. The van der Waals surface area contributed by atoms with Gasteiger partial charge in [-0.25, -0.2) is 18.4 Å². The van der Waals surface area contributed by atoms with Crippen LogP contribution in [-0.2, 0) is 9.84 Å². The Bertz CT molecular complexity index is 910. The minimum atomic E-state index is -4.21. The number of hydrogen-bond donors (Lipinski definition) is 0. The smallest absolute Gasteiger partial charge is 0.258 e. The second kappa shape index (κ2) is 6.28. The van der Waals surface area contributed by atoms with Gasteiger partial charge in [0.05, 0.1) is 15.9 Å². The number of hydrogen-bond acceptors (Lipinski definition) is 7. The summed E-state index contributed by atoms with van der Waals surface area (Å²) in [6.45, 7) is 1.39. The first-order valence-corrected chi connectivity index (χ1v) is 8.08. The zero-order chi connectivity index (χ0) is 17.2. The maximum absolute atomic E-state index is 12.6. The Balaban J connectivity index is 2.74. The number of benzene rings is 1. The number of rotatable bonds is 4. The van der Waals surface area contributed by atoms with E-state index in [0.29, 0.717) is 0 Å². The summed E-state index contributed by atoms with van der Waals surface area (Å²) < 4.78 is 25.2. The molecule has 0 amide bonds. The molecule has 2 aromatic rings. The van der Waals surface area contributed by atoms with Gasteiger partial charge in [0.15, 0.2) is 5.69 Å². The molecule has 23 heavy (non-hydrogen) atoms. The normalized spacial score (nSPS) is 12.4. The van der Waals surface area contributed by atoms with Crippen LogP contribution in [0, 0.1) is 28.4 Å². The first kappa shape index (κ1) is 16.8. The third-order valence-corrected chi connectivity index (χ3v) is 5.05. The topological polar surface area (TPSA) is 127 Å². The Labute approximate surface area is 136 Å². The molecule has 0 saturated carbocycles. The van der Waals surface area contributed by atoms with Gasteiger partial charge in [0.1, 0.15) is 5.82 Å². The van der Waals surface area contributed by atoms with Crippen LogP contribution in [0.15, 0.2) is 35.2 Å². The molecule has 0 N–H and O–H groups in total. The van der Waals surface area contributed by atoms with Crippen molar-refractivity contribution in [1.29, 1.82) is 5.26 Å². The highest BCUT2D eigenvalue weighted by molar-refractivity contribution is 7.92. The van der Waals surface area contributed by atoms with Gasteiger partial charge in [-0.1, -0.05) is 29.8 Å². The lowest BCUT2D eigenvalue weighted by molar-refractivity contribution is -0.386. The van der Waals surface area contributed by atoms with Crippen molar-refractivity contribution in [3.63, 3.8) is 0 Å². The van der Waals surface area contributed by atoms with Gasteiger partial charge in [-0.2, -0.15) is 5.26 Å². The Kier molecular flexibility index (Phi) is 4.58.